The Balaban J connectivity index is 0. The van der Waals surface area contributed by atoms with Crippen LogP contribution in [0.4, 0.5) is 0 Å². The van der Waals surface area contributed by atoms with Crippen molar-refractivity contribution in [2.24, 2.45) is 0 Å². The Morgan fingerprint density at radius 3 is 1.18 bits per heavy atom. The Kier molecular flexibility index (Phi) is 14.7. The molecule has 0 saturated carbocycles. The second-order valence-electron chi connectivity index (χ2n) is 3.23. The van der Waals surface area contributed by atoms with E-state index >= 15 is 0 Å². The predicted molar refractivity (Wildman–Crippen MR) is 58.2 cm³/mol. The number of hydrogen-bond donors (Lipinski definition) is 0. The van der Waals surface area contributed by atoms with Gasteiger partial charge in [-0.3, -0.25) is 0 Å². The van der Waals surface area contributed by atoms with Crippen LogP contribution >= 0.6 is 0 Å². The van der Waals surface area contributed by atoms with Crippen molar-refractivity contribution < 1.29 is 0 Å². The molecule has 0 unspecified atom stereocenters. The number of hydrogen-bond acceptors (Lipinski definition) is 0. The summed E-state index contributed by atoms with van der Waals surface area (Å²) in [6, 6.07) is 0. The van der Waals surface area contributed by atoms with E-state index in [1.165, 1.54) is 38.2 Å². The Hall–Kier alpha value is 1.06. The van der Waals surface area contributed by atoms with Crippen molar-refractivity contribution in [3.63, 3.8) is 0 Å². The van der Waals surface area contributed by atoms with E-state index in [2.05, 4.69) is 20.8 Å². The van der Waals surface area contributed by atoms with Gasteiger partial charge in [-0.2, -0.15) is 0 Å². The SMILES string of the molecule is CCCB(CCC)CCC.[NaH]. The first-order valence-electron chi connectivity index (χ1n) is 4.85. The van der Waals surface area contributed by atoms with Crippen LogP contribution in [0.2, 0.25) is 19.0 Å². The molecule has 62 valence electrons. The Morgan fingerprint density at radius 1 is 0.727 bits per heavy atom. The molecule has 0 N–H and O–H groups in total. The minimum absolute atomic E-state index is 0. The van der Waals surface area contributed by atoms with Gasteiger partial charge in [-0.25, -0.2) is 0 Å². The van der Waals surface area contributed by atoms with E-state index in [-0.39, 0.29) is 29.6 Å². The average Bonchev–Trinajstić information content (AvgIpc) is 1.90. The quantitative estimate of drug-likeness (QED) is 0.529. The van der Waals surface area contributed by atoms with Gasteiger partial charge in [0.25, 0.3) is 0 Å². The molecule has 0 aliphatic rings. The molecule has 11 heavy (non-hydrogen) atoms. The first kappa shape index (κ1) is 14.6. The predicted octanol–water partition coefficient (Wildman–Crippen LogP) is 3.06. The molecule has 0 heterocycles. The Bertz CT molecular complexity index is 52.3. The minimum atomic E-state index is 0. The molecule has 0 aliphatic heterocycles. The van der Waals surface area contributed by atoms with Crippen LogP contribution in [0.1, 0.15) is 40.0 Å². The summed E-state index contributed by atoms with van der Waals surface area (Å²) in [7, 11) is 0. The molecule has 0 fully saturated rings. The van der Waals surface area contributed by atoms with Gasteiger partial charge in [0.2, 0.25) is 0 Å². The molecule has 0 amide bonds. The average molecular weight is 164 g/mol. The van der Waals surface area contributed by atoms with Gasteiger partial charge in [-0.1, -0.05) is 59.0 Å². The summed E-state index contributed by atoms with van der Waals surface area (Å²) in [5.41, 5.74) is 0. The van der Waals surface area contributed by atoms with Crippen molar-refractivity contribution in [1.82, 2.24) is 0 Å². The molecule has 0 radical (unpaired) electrons. The van der Waals surface area contributed by atoms with Gasteiger partial charge in [0.1, 0.15) is 6.71 Å². The van der Waals surface area contributed by atoms with Crippen molar-refractivity contribution in [2.45, 2.75) is 59.0 Å². The zero-order valence-corrected chi connectivity index (χ0v) is 7.82. The normalized spacial score (nSPS) is 9.00. The Labute approximate surface area is 94.9 Å². The molecule has 0 aromatic carbocycles. The van der Waals surface area contributed by atoms with Gasteiger partial charge in [-0.15, -0.1) is 0 Å². The third kappa shape index (κ3) is 8.98. The molecular formula is C9H22BNa. The van der Waals surface area contributed by atoms with E-state index in [4.69, 9.17) is 0 Å². The fraction of sp³-hybridized carbons (Fsp3) is 1.00. The topological polar surface area (TPSA) is 0 Å². The summed E-state index contributed by atoms with van der Waals surface area (Å²) in [6.45, 7) is 7.90. The van der Waals surface area contributed by atoms with Crippen molar-refractivity contribution in [2.75, 3.05) is 0 Å². The first-order chi connectivity index (χ1) is 4.85. The van der Waals surface area contributed by atoms with Crippen LogP contribution < -0.4 is 0 Å². The van der Waals surface area contributed by atoms with Crippen molar-refractivity contribution in [3.05, 3.63) is 0 Å². The molecule has 0 saturated heterocycles. The van der Waals surface area contributed by atoms with Gasteiger partial charge in [0.05, 0.1) is 0 Å². The summed E-state index contributed by atoms with van der Waals surface area (Å²) in [5, 5.41) is 0. The number of rotatable bonds is 6. The van der Waals surface area contributed by atoms with Gasteiger partial charge in [-0.05, 0) is 0 Å². The summed E-state index contributed by atoms with van der Waals surface area (Å²) in [4.78, 5) is 0. The fourth-order valence-electron chi connectivity index (χ4n) is 1.66. The van der Waals surface area contributed by atoms with E-state index in [0.717, 1.165) is 6.71 Å². The molecule has 0 spiro atoms. The molecule has 0 nitrogen and oxygen atoms in total. The maximum atomic E-state index is 2.29. The van der Waals surface area contributed by atoms with Crippen LogP contribution in [0.5, 0.6) is 0 Å². The maximum absolute atomic E-state index is 2.29. The van der Waals surface area contributed by atoms with Crippen LogP contribution in [0.3, 0.4) is 0 Å². The standard InChI is InChI=1S/C9H21B.Na.H/c1-4-7-10(8-5-2)9-6-3;;/h4-9H2,1-3H3;;. The van der Waals surface area contributed by atoms with Crippen LogP contribution in [-0.4, -0.2) is 36.3 Å². The van der Waals surface area contributed by atoms with Crippen LogP contribution in [0.25, 0.3) is 0 Å². The summed E-state index contributed by atoms with van der Waals surface area (Å²) < 4.78 is 0. The zero-order valence-electron chi connectivity index (χ0n) is 7.82. The van der Waals surface area contributed by atoms with Crippen LogP contribution in [0.15, 0.2) is 0 Å². The second-order valence-corrected chi connectivity index (χ2v) is 3.23. The van der Waals surface area contributed by atoms with E-state index in [0.29, 0.717) is 0 Å². The van der Waals surface area contributed by atoms with E-state index in [1.54, 1.807) is 0 Å². The third-order valence-corrected chi connectivity index (χ3v) is 2.09. The summed E-state index contributed by atoms with van der Waals surface area (Å²) >= 11 is 0. The van der Waals surface area contributed by atoms with E-state index in [9.17, 15) is 0 Å². The van der Waals surface area contributed by atoms with Gasteiger partial charge < -0.3 is 0 Å². The van der Waals surface area contributed by atoms with Crippen molar-refractivity contribution in [1.29, 1.82) is 0 Å². The molecule has 0 atom stereocenters. The second kappa shape index (κ2) is 11.1. The van der Waals surface area contributed by atoms with Gasteiger partial charge in [0.15, 0.2) is 0 Å². The molecule has 0 aliphatic carbocycles. The molecule has 2 heteroatoms. The molecule has 0 bridgehead atoms. The molecule has 0 aromatic rings. The van der Waals surface area contributed by atoms with E-state index in [1.807, 2.05) is 0 Å². The molecule has 0 aromatic heterocycles. The molecular weight excluding hydrogens is 142 g/mol. The summed E-state index contributed by atoms with van der Waals surface area (Å²) in [5.74, 6) is 0. The van der Waals surface area contributed by atoms with Crippen LogP contribution in [0, 0.1) is 0 Å². The molecule has 0 rings (SSSR count). The van der Waals surface area contributed by atoms with Crippen molar-refractivity contribution >= 4 is 36.3 Å². The monoisotopic (exact) mass is 164 g/mol. The first-order valence-corrected chi connectivity index (χ1v) is 4.85. The van der Waals surface area contributed by atoms with E-state index < -0.39 is 0 Å². The van der Waals surface area contributed by atoms with Gasteiger partial charge in [0, 0.05) is 0 Å². The fourth-order valence-corrected chi connectivity index (χ4v) is 1.66. The van der Waals surface area contributed by atoms with Gasteiger partial charge >= 0.3 is 29.6 Å². The summed E-state index contributed by atoms with van der Waals surface area (Å²) in [6.07, 6.45) is 8.44. The third-order valence-electron chi connectivity index (χ3n) is 2.09. The van der Waals surface area contributed by atoms with Crippen LogP contribution in [-0.2, 0) is 0 Å². The van der Waals surface area contributed by atoms with Crippen molar-refractivity contribution in [3.8, 4) is 0 Å². The Morgan fingerprint density at radius 2 is 1.00 bits per heavy atom. The zero-order chi connectivity index (χ0) is 7.82.